The summed E-state index contributed by atoms with van der Waals surface area (Å²) in [6.07, 6.45) is 1.80. The van der Waals surface area contributed by atoms with Gasteiger partial charge in [-0.25, -0.2) is 0 Å². The van der Waals surface area contributed by atoms with E-state index in [0.717, 1.165) is 37.0 Å². The molecule has 0 spiro atoms. The quantitative estimate of drug-likeness (QED) is 0.677. The highest BCUT2D eigenvalue weighted by molar-refractivity contribution is 7.80. The van der Waals surface area contributed by atoms with Crippen molar-refractivity contribution in [3.63, 3.8) is 0 Å². The summed E-state index contributed by atoms with van der Waals surface area (Å²) in [6.45, 7) is 7.98. The first-order valence-corrected chi connectivity index (χ1v) is 7.62. The molecule has 0 saturated carbocycles. The number of hydrogen-bond acceptors (Lipinski definition) is 2. The average Bonchev–Trinajstić information content (AvgIpc) is 2.48. The van der Waals surface area contributed by atoms with Crippen LogP contribution in [0, 0.1) is 0 Å². The fourth-order valence-electron chi connectivity index (χ4n) is 2.12. The van der Waals surface area contributed by atoms with Crippen LogP contribution in [0.25, 0.3) is 0 Å². The minimum Gasteiger partial charge on any atom is -0.368 e. The van der Waals surface area contributed by atoms with E-state index in [-0.39, 0.29) is 0 Å². The van der Waals surface area contributed by atoms with Gasteiger partial charge in [-0.05, 0) is 30.4 Å². The van der Waals surface area contributed by atoms with Gasteiger partial charge >= 0.3 is 0 Å². The standard InChI is InChI=1S/C14H17Cl2N3S/c1-2-5-17-14(20)19-8-6-18(7-9-19)11-3-4-12(15)13(16)10-11/h2-4,10H,1,5-9H2,(H,17,20). The van der Waals surface area contributed by atoms with Gasteiger partial charge in [-0.1, -0.05) is 29.3 Å². The molecule has 1 N–H and O–H groups in total. The smallest absolute Gasteiger partial charge is 0.169 e. The zero-order chi connectivity index (χ0) is 14.5. The van der Waals surface area contributed by atoms with Crippen LogP contribution in [-0.2, 0) is 0 Å². The second-order valence-electron chi connectivity index (χ2n) is 4.55. The van der Waals surface area contributed by atoms with Crippen LogP contribution in [0.5, 0.6) is 0 Å². The van der Waals surface area contributed by atoms with Crippen molar-refractivity contribution in [1.82, 2.24) is 10.2 Å². The highest BCUT2D eigenvalue weighted by Crippen LogP contribution is 2.27. The van der Waals surface area contributed by atoms with E-state index < -0.39 is 0 Å². The van der Waals surface area contributed by atoms with Gasteiger partial charge in [-0.3, -0.25) is 0 Å². The molecule has 0 aliphatic carbocycles. The molecule has 1 saturated heterocycles. The summed E-state index contributed by atoms with van der Waals surface area (Å²) >= 11 is 17.3. The van der Waals surface area contributed by atoms with Crippen LogP contribution in [0.3, 0.4) is 0 Å². The number of hydrogen-bond donors (Lipinski definition) is 1. The predicted molar refractivity (Wildman–Crippen MR) is 91.0 cm³/mol. The molecule has 1 fully saturated rings. The highest BCUT2D eigenvalue weighted by atomic mass is 35.5. The number of rotatable bonds is 3. The lowest BCUT2D eigenvalue weighted by molar-refractivity contribution is 0.381. The van der Waals surface area contributed by atoms with E-state index >= 15 is 0 Å². The molecule has 0 amide bonds. The van der Waals surface area contributed by atoms with Crippen molar-refractivity contribution in [2.45, 2.75) is 0 Å². The Hall–Kier alpha value is -0.970. The van der Waals surface area contributed by atoms with Crippen molar-refractivity contribution < 1.29 is 0 Å². The summed E-state index contributed by atoms with van der Waals surface area (Å²) < 4.78 is 0. The lowest BCUT2D eigenvalue weighted by Gasteiger charge is -2.37. The number of anilines is 1. The van der Waals surface area contributed by atoms with Gasteiger partial charge in [0.2, 0.25) is 0 Å². The molecular formula is C14H17Cl2N3S. The average molecular weight is 330 g/mol. The molecule has 20 heavy (non-hydrogen) atoms. The van der Waals surface area contributed by atoms with Crippen LogP contribution >= 0.6 is 35.4 Å². The highest BCUT2D eigenvalue weighted by Gasteiger charge is 2.19. The molecular weight excluding hydrogens is 313 g/mol. The van der Waals surface area contributed by atoms with Crippen molar-refractivity contribution in [2.75, 3.05) is 37.6 Å². The van der Waals surface area contributed by atoms with E-state index in [0.29, 0.717) is 16.6 Å². The van der Waals surface area contributed by atoms with Crippen LogP contribution in [0.2, 0.25) is 10.0 Å². The van der Waals surface area contributed by atoms with E-state index in [4.69, 9.17) is 35.4 Å². The van der Waals surface area contributed by atoms with Gasteiger partial charge in [-0.15, -0.1) is 6.58 Å². The van der Waals surface area contributed by atoms with Crippen LogP contribution < -0.4 is 10.2 Å². The van der Waals surface area contributed by atoms with Crippen LogP contribution in [0.15, 0.2) is 30.9 Å². The minimum absolute atomic E-state index is 0.587. The predicted octanol–water partition coefficient (Wildman–Crippen LogP) is 3.18. The van der Waals surface area contributed by atoms with E-state index in [9.17, 15) is 0 Å². The first-order chi connectivity index (χ1) is 9.61. The Morgan fingerprint density at radius 1 is 1.25 bits per heavy atom. The summed E-state index contributed by atoms with van der Waals surface area (Å²) in [7, 11) is 0. The largest absolute Gasteiger partial charge is 0.368 e. The lowest BCUT2D eigenvalue weighted by Crippen LogP contribution is -2.51. The molecule has 108 valence electrons. The normalized spacial score (nSPS) is 15.1. The second-order valence-corrected chi connectivity index (χ2v) is 5.75. The summed E-state index contributed by atoms with van der Waals surface area (Å²) in [5.74, 6) is 0. The first kappa shape index (κ1) is 15.4. The van der Waals surface area contributed by atoms with Gasteiger partial charge in [0.15, 0.2) is 5.11 Å². The molecule has 1 aromatic rings. The zero-order valence-electron chi connectivity index (χ0n) is 11.1. The fourth-order valence-corrected chi connectivity index (χ4v) is 2.68. The topological polar surface area (TPSA) is 18.5 Å². The second kappa shape index (κ2) is 7.16. The number of benzene rings is 1. The molecule has 2 rings (SSSR count). The molecule has 3 nitrogen and oxygen atoms in total. The maximum absolute atomic E-state index is 6.06. The zero-order valence-corrected chi connectivity index (χ0v) is 13.4. The molecule has 1 aromatic carbocycles. The first-order valence-electron chi connectivity index (χ1n) is 6.45. The molecule has 1 aliphatic rings. The van der Waals surface area contributed by atoms with Gasteiger partial charge in [-0.2, -0.15) is 0 Å². The maximum atomic E-state index is 6.06. The molecule has 0 unspecified atom stereocenters. The third kappa shape index (κ3) is 3.78. The minimum atomic E-state index is 0.587. The SMILES string of the molecule is C=CCNC(=S)N1CCN(c2ccc(Cl)c(Cl)c2)CC1. The molecule has 0 bridgehead atoms. The van der Waals surface area contributed by atoms with Gasteiger partial charge in [0.1, 0.15) is 0 Å². The monoisotopic (exact) mass is 329 g/mol. The van der Waals surface area contributed by atoms with Crippen molar-refractivity contribution in [3.05, 3.63) is 40.9 Å². The number of nitrogens with zero attached hydrogens (tertiary/aromatic N) is 2. The number of thiocarbonyl (C=S) groups is 1. The Morgan fingerprint density at radius 3 is 2.55 bits per heavy atom. The summed E-state index contributed by atoms with van der Waals surface area (Å²) in [5, 5.41) is 5.13. The molecule has 1 aliphatic heterocycles. The molecule has 6 heteroatoms. The third-order valence-corrected chi connectivity index (χ3v) is 4.37. The van der Waals surface area contributed by atoms with E-state index in [1.807, 2.05) is 18.2 Å². The van der Waals surface area contributed by atoms with E-state index in [2.05, 4.69) is 21.7 Å². The van der Waals surface area contributed by atoms with Gasteiger partial charge in [0.05, 0.1) is 10.0 Å². The van der Waals surface area contributed by atoms with Crippen LogP contribution in [0.4, 0.5) is 5.69 Å². The third-order valence-electron chi connectivity index (χ3n) is 3.23. The Kier molecular flexibility index (Phi) is 5.52. The molecule has 1 heterocycles. The van der Waals surface area contributed by atoms with Crippen molar-refractivity contribution in [1.29, 1.82) is 0 Å². The number of piperazine rings is 1. The van der Waals surface area contributed by atoms with Crippen molar-refractivity contribution in [3.8, 4) is 0 Å². The van der Waals surface area contributed by atoms with Crippen LogP contribution in [-0.4, -0.2) is 42.7 Å². The van der Waals surface area contributed by atoms with E-state index in [1.54, 1.807) is 6.08 Å². The number of halogens is 2. The van der Waals surface area contributed by atoms with Crippen molar-refractivity contribution >= 4 is 46.2 Å². The van der Waals surface area contributed by atoms with Crippen LogP contribution in [0.1, 0.15) is 0 Å². The Bertz CT molecular complexity index is 499. The summed E-state index contributed by atoms with van der Waals surface area (Å²) in [6, 6.07) is 5.74. The molecule has 0 radical (unpaired) electrons. The Morgan fingerprint density at radius 2 is 1.95 bits per heavy atom. The molecule has 0 atom stereocenters. The maximum Gasteiger partial charge on any atom is 0.169 e. The Balaban J connectivity index is 1.92. The van der Waals surface area contributed by atoms with E-state index in [1.165, 1.54) is 0 Å². The van der Waals surface area contributed by atoms with Gasteiger partial charge in [0, 0.05) is 38.4 Å². The summed E-state index contributed by atoms with van der Waals surface area (Å²) in [4.78, 5) is 4.46. The van der Waals surface area contributed by atoms with Gasteiger partial charge in [0.25, 0.3) is 0 Å². The van der Waals surface area contributed by atoms with Crippen molar-refractivity contribution in [2.24, 2.45) is 0 Å². The molecule has 0 aromatic heterocycles. The van der Waals surface area contributed by atoms with Gasteiger partial charge < -0.3 is 15.1 Å². The lowest BCUT2D eigenvalue weighted by atomic mass is 10.2. The number of nitrogens with one attached hydrogen (secondary N) is 1. The summed E-state index contributed by atoms with van der Waals surface area (Å²) in [5.41, 5.74) is 1.10. The fraction of sp³-hybridized carbons (Fsp3) is 0.357. The Labute approximate surface area is 135 Å².